The van der Waals surface area contributed by atoms with E-state index in [1.807, 2.05) is 48.2 Å². The molecule has 0 aliphatic heterocycles. The average molecular weight is 310 g/mol. The van der Waals surface area contributed by atoms with Crippen LogP contribution in [0.4, 0.5) is 0 Å². The molecular formula is C20H26N2O. The van der Waals surface area contributed by atoms with Crippen LogP contribution in [0.5, 0.6) is 0 Å². The van der Waals surface area contributed by atoms with Gasteiger partial charge in [0.2, 0.25) is 5.91 Å². The van der Waals surface area contributed by atoms with Crippen LogP contribution in [0.1, 0.15) is 44.0 Å². The number of hydrogen-bond acceptors (Lipinski definition) is 2. The lowest BCUT2D eigenvalue weighted by Gasteiger charge is -2.37. The van der Waals surface area contributed by atoms with Gasteiger partial charge in [0.15, 0.2) is 0 Å². The first-order valence-corrected chi connectivity index (χ1v) is 8.18. The van der Waals surface area contributed by atoms with Crippen molar-refractivity contribution in [1.29, 1.82) is 0 Å². The summed E-state index contributed by atoms with van der Waals surface area (Å²) < 4.78 is 0. The highest BCUT2D eigenvalue weighted by atomic mass is 16.2. The maximum atomic E-state index is 12.9. The lowest BCUT2D eigenvalue weighted by atomic mass is 9.98. The summed E-state index contributed by atoms with van der Waals surface area (Å²) in [5, 5.41) is 0. The summed E-state index contributed by atoms with van der Waals surface area (Å²) in [6, 6.07) is 20.3. The molecule has 0 saturated carbocycles. The van der Waals surface area contributed by atoms with E-state index in [4.69, 9.17) is 5.73 Å². The molecule has 23 heavy (non-hydrogen) atoms. The number of nitrogens with two attached hydrogens (primary N) is 1. The molecule has 2 aromatic carbocycles. The van der Waals surface area contributed by atoms with E-state index in [-0.39, 0.29) is 23.9 Å². The van der Waals surface area contributed by atoms with Crippen LogP contribution in [-0.2, 0) is 4.79 Å². The van der Waals surface area contributed by atoms with Crippen molar-refractivity contribution in [3.63, 3.8) is 0 Å². The number of benzene rings is 2. The number of carbonyl (C=O) groups is 1. The van der Waals surface area contributed by atoms with Gasteiger partial charge >= 0.3 is 0 Å². The van der Waals surface area contributed by atoms with Crippen molar-refractivity contribution in [2.45, 2.75) is 32.9 Å². The Morgan fingerprint density at radius 2 is 1.26 bits per heavy atom. The van der Waals surface area contributed by atoms with Crippen molar-refractivity contribution >= 4 is 5.91 Å². The van der Waals surface area contributed by atoms with Crippen LogP contribution >= 0.6 is 0 Å². The quantitative estimate of drug-likeness (QED) is 0.878. The molecule has 2 aromatic rings. The molecule has 122 valence electrons. The predicted molar refractivity (Wildman–Crippen MR) is 94.8 cm³/mol. The Morgan fingerprint density at radius 1 is 0.870 bits per heavy atom. The molecule has 0 saturated heterocycles. The molecule has 2 N–H and O–H groups in total. The molecule has 2 rings (SSSR count). The summed E-state index contributed by atoms with van der Waals surface area (Å²) in [7, 11) is 0. The molecule has 0 aliphatic rings. The molecule has 1 amide bonds. The fraction of sp³-hybridized carbons (Fsp3) is 0.350. The second-order valence-electron chi connectivity index (χ2n) is 6.06. The maximum Gasteiger partial charge on any atom is 0.227 e. The Kier molecular flexibility index (Phi) is 5.94. The highest BCUT2D eigenvalue weighted by molar-refractivity contribution is 5.79. The molecule has 0 aromatic heterocycles. The van der Waals surface area contributed by atoms with Crippen molar-refractivity contribution in [1.82, 2.24) is 4.90 Å². The van der Waals surface area contributed by atoms with Gasteiger partial charge in [-0.3, -0.25) is 4.79 Å². The highest BCUT2D eigenvalue weighted by Gasteiger charge is 2.29. The second-order valence-corrected chi connectivity index (χ2v) is 6.06. The third kappa shape index (κ3) is 3.99. The summed E-state index contributed by atoms with van der Waals surface area (Å²) in [5.41, 5.74) is 8.01. The van der Waals surface area contributed by atoms with E-state index in [0.29, 0.717) is 6.54 Å². The molecule has 3 nitrogen and oxygen atoms in total. The third-order valence-corrected chi connectivity index (χ3v) is 4.43. The zero-order valence-electron chi connectivity index (χ0n) is 14.1. The molecule has 0 fully saturated rings. The lowest BCUT2D eigenvalue weighted by molar-refractivity contribution is -0.139. The SMILES string of the molecule is C[C@H](c1ccccc1)N(C(=O)[C@@H](C)CN)[C@H](C)c1ccccc1. The van der Waals surface area contributed by atoms with Crippen LogP contribution in [-0.4, -0.2) is 17.4 Å². The molecule has 3 heteroatoms. The number of rotatable bonds is 6. The molecule has 0 radical (unpaired) electrons. The summed E-state index contributed by atoms with van der Waals surface area (Å²) in [6.07, 6.45) is 0. The van der Waals surface area contributed by atoms with E-state index in [1.54, 1.807) is 0 Å². The van der Waals surface area contributed by atoms with Crippen molar-refractivity contribution in [2.75, 3.05) is 6.54 Å². The van der Waals surface area contributed by atoms with Gasteiger partial charge < -0.3 is 10.6 Å². The summed E-state index contributed by atoms with van der Waals surface area (Å²) in [4.78, 5) is 14.9. The van der Waals surface area contributed by atoms with Crippen molar-refractivity contribution in [2.24, 2.45) is 11.7 Å². The fourth-order valence-corrected chi connectivity index (χ4v) is 2.86. The van der Waals surface area contributed by atoms with Gasteiger partial charge in [-0.15, -0.1) is 0 Å². The zero-order chi connectivity index (χ0) is 16.8. The summed E-state index contributed by atoms with van der Waals surface area (Å²) >= 11 is 0. The van der Waals surface area contributed by atoms with Crippen LogP contribution in [0.3, 0.4) is 0 Å². The monoisotopic (exact) mass is 310 g/mol. The Bertz CT molecular complexity index is 567. The number of carbonyl (C=O) groups excluding carboxylic acids is 1. The number of amides is 1. The van der Waals surface area contributed by atoms with Crippen LogP contribution in [0.25, 0.3) is 0 Å². The molecule has 0 aliphatic carbocycles. The van der Waals surface area contributed by atoms with Gasteiger partial charge in [0.1, 0.15) is 0 Å². The highest BCUT2D eigenvalue weighted by Crippen LogP contribution is 2.31. The summed E-state index contributed by atoms with van der Waals surface area (Å²) in [5.74, 6) is -0.0902. The molecule has 0 heterocycles. The minimum atomic E-state index is -0.188. The molecular weight excluding hydrogens is 284 g/mol. The van der Waals surface area contributed by atoms with Gasteiger partial charge in [-0.1, -0.05) is 67.6 Å². The normalized spacial score (nSPS) is 14.8. The Labute approximate surface area is 139 Å². The molecule has 0 spiro atoms. The van der Waals surface area contributed by atoms with Gasteiger partial charge in [0, 0.05) is 12.5 Å². The number of hydrogen-bond donors (Lipinski definition) is 1. The molecule has 0 bridgehead atoms. The van der Waals surface area contributed by atoms with E-state index >= 15 is 0 Å². The summed E-state index contributed by atoms with van der Waals surface area (Å²) in [6.45, 7) is 6.41. The van der Waals surface area contributed by atoms with Crippen LogP contribution in [0, 0.1) is 5.92 Å². The molecule has 0 unspecified atom stereocenters. The van der Waals surface area contributed by atoms with Crippen molar-refractivity contribution < 1.29 is 4.79 Å². The average Bonchev–Trinajstić information content (AvgIpc) is 2.62. The van der Waals surface area contributed by atoms with Crippen molar-refractivity contribution in [3.8, 4) is 0 Å². The topological polar surface area (TPSA) is 46.3 Å². The predicted octanol–water partition coefficient (Wildman–Crippen LogP) is 3.93. The lowest BCUT2D eigenvalue weighted by Crippen LogP contribution is -2.41. The van der Waals surface area contributed by atoms with Crippen LogP contribution in [0.15, 0.2) is 60.7 Å². The third-order valence-electron chi connectivity index (χ3n) is 4.43. The first-order chi connectivity index (χ1) is 11.1. The largest absolute Gasteiger partial charge is 0.330 e. The Morgan fingerprint density at radius 3 is 1.61 bits per heavy atom. The maximum absolute atomic E-state index is 12.9. The fourth-order valence-electron chi connectivity index (χ4n) is 2.86. The minimum Gasteiger partial charge on any atom is -0.330 e. The van der Waals surface area contributed by atoms with Crippen LogP contribution < -0.4 is 5.73 Å². The second kappa shape index (κ2) is 7.93. The minimum absolute atomic E-state index is 0.00657. The van der Waals surface area contributed by atoms with E-state index in [9.17, 15) is 4.79 Å². The van der Waals surface area contributed by atoms with E-state index < -0.39 is 0 Å². The van der Waals surface area contributed by atoms with E-state index in [2.05, 4.69) is 38.1 Å². The molecule has 3 atom stereocenters. The Hall–Kier alpha value is -2.13. The first kappa shape index (κ1) is 17.2. The van der Waals surface area contributed by atoms with Gasteiger partial charge in [-0.2, -0.15) is 0 Å². The van der Waals surface area contributed by atoms with E-state index in [0.717, 1.165) is 11.1 Å². The van der Waals surface area contributed by atoms with E-state index in [1.165, 1.54) is 0 Å². The zero-order valence-corrected chi connectivity index (χ0v) is 14.1. The van der Waals surface area contributed by atoms with Gasteiger partial charge in [0.25, 0.3) is 0 Å². The van der Waals surface area contributed by atoms with Crippen LogP contribution in [0.2, 0.25) is 0 Å². The standard InChI is InChI=1S/C20H26N2O/c1-15(14-21)20(23)22(16(2)18-10-6-4-7-11-18)17(3)19-12-8-5-9-13-19/h4-13,15-17H,14,21H2,1-3H3/t15-,16+,17+/m0/s1. The van der Waals surface area contributed by atoms with Gasteiger partial charge in [-0.25, -0.2) is 0 Å². The van der Waals surface area contributed by atoms with Gasteiger partial charge in [0.05, 0.1) is 12.1 Å². The number of nitrogens with zero attached hydrogens (tertiary/aromatic N) is 1. The Balaban J connectivity index is 2.37. The van der Waals surface area contributed by atoms with Gasteiger partial charge in [-0.05, 0) is 25.0 Å². The first-order valence-electron chi connectivity index (χ1n) is 8.18. The smallest absolute Gasteiger partial charge is 0.227 e. The van der Waals surface area contributed by atoms with Crippen molar-refractivity contribution in [3.05, 3.63) is 71.8 Å².